The number of ketones is 1. The van der Waals surface area contributed by atoms with Crippen LogP contribution in [0.25, 0.3) is 0 Å². The number of benzene rings is 1. The summed E-state index contributed by atoms with van der Waals surface area (Å²) in [5.74, 6) is -3.75. The van der Waals surface area contributed by atoms with Gasteiger partial charge in [-0.15, -0.1) is 0 Å². The maximum absolute atomic E-state index is 13.9. The average Bonchev–Trinajstić information content (AvgIpc) is 2.84. The van der Waals surface area contributed by atoms with Crippen LogP contribution in [0.5, 0.6) is 0 Å². The molecule has 0 fully saturated rings. The summed E-state index contributed by atoms with van der Waals surface area (Å²) in [6.45, 7) is 1.57. The maximum atomic E-state index is 13.9. The first-order chi connectivity index (χ1) is 17.8. The monoisotopic (exact) mass is 560 g/mol. The van der Waals surface area contributed by atoms with Gasteiger partial charge in [-0.05, 0) is 25.8 Å². The van der Waals surface area contributed by atoms with Gasteiger partial charge in [0.1, 0.15) is 23.1 Å². The van der Waals surface area contributed by atoms with Gasteiger partial charge < -0.3 is 39.7 Å². The van der Waals surface area contributed by atoms with Gasteiger partial charge >= 0.3 is 7.60 Å². The zero-order chi connectivity index (χ0) is 28.3. The van der Waals surface area contributed by atoms with Gasteiger partial charge in [0.2, 0.25) is 5.78 Å². The van der Waals surface area contributed by atoms with Crippen molar-refractivity contribution in [1.82, 2.24) is 10.2 Å². The van der Waals surface area contributed by atoms with Crippen LogP contribution in [0, 0.1) is 17.0 Å². The van der Waals surface area contributed by atoms with Crippen LogP contribution in [0.3, 0.4) is 0 Å². The Kier molecular flexibility index (Phi) is 9.45. The molecule has 0 radical (unpaired) electrons. The molecule has 0 aromatic heterocycles. The minimum Gasteiger partial charge on any atom is -0.509 e. The van der Waals surface area contributed by atoms with E-state index in [2.05, 4.69) is 5.32 Å². The minimum absolute atomic E-state index is 0.00680. The summed E-state index contributed by atoms with van der Waals surface area (Å²) in [6.07, 6.45) is -1.32. The normalized spacial score (nSPS) is 23.8. The van der Waals surface area contributed by atoms with E-state index < -0.39 is 48.5 Å². The number of nitrogens with one attached hydrogen (secondary N) is 1. The molecule has 2 heterocycles. The van der Waals surface area contributed by atoms with Crippen molar-refractivity contribution in [3.8, 4) is 0 Å². The number of aliphatic hydroxyl groups is 2. The molecule has 3 atom stereocenters. The first kappa shape index (κ1) is 29.9. The Bertz CT molecular complexity index is 1190. The number of ether oxygens (including phenoxy) is 2. The summed E-state index contributed by atoms with van der Waals surface area (Å²) >= 11 is 0. The van der Waals surface area contributed by atoms with Crippen molar-refractivity contribution in [3.05, 3.63) is 58.6 Å². The van der Waals surface area contributed by atoms with E-state index in [1.165, 1.54) is 18.2 Å². The smallest absolute Gasteiger partial charge is 0.325 e. The summed E-state index contributed by atoms with van der Waals surface area (Å²) in [5, 5.41) is 24.1. The number of hydrogen-bond donors (Lipinski definition) is 5. The van der Waals surface area contributed by atoms with Crippen molar-refractivity contribution in [2.24, 2.45) is 5.41 Å². The molecule has 0 spiro atoms. The molecule has 2 aliphatic heterocycles. The predicted octanol–water partition coefficient (Wildman–Crippen LogP) is 1.49. The molecule has 210 valence electrons. The number of fused-ring (bicyclic) bond motifs is 1. The average molecular weight is 560 g/mol. The van der Waals surface area contributed by atoms with Crippen LogP contribution in [0.15, 0.2) is 41.4 Å². The molecule has 5 N–H and O–H groups in total. The van der Waals surface area contributed by atoms with E-state index in [4.69, 9.17) is 19.3 Å². The van der Waals surface area contributed by atoms with Crippen molar-refractivity contribution in [1.29, 1.82) is 0 Å². The number of halogens is 2. The van der Waals surface area contributed by atoms with Gasteiger partial charge in [0.15, 0.2) is 6.10 Å². The Morgan fingerprint density at radius 3 is 2.63 bits per heavy atom. The highest BCUT2D eigenvalue weighted by molar-refractivity contribution is 7.51. The van der Waals surface area contributed by atoms with E-state index in [0.29, 0.717) is 6.07 Å². The SMILES string of the molecule is COC1CN2C=C(C(=O)NCc3ccc(F)cc3F)C(O)C(=O)C2=C(O)C1(C)CCOCCCP(=O)(O)O. The molecule has 2 aliphatic rings. The van der Waals surface area contributed by atoms with Crippen LogP contribution in [-0.4, -0.2) is 81.8 Å². The number of aliphatic hydroxyl groups excluding tert-OH is 2. The van der Waals surface area contributed by atoms with Gasteiger partial charge in [0.05, 0.1) is 29.8 Å². The van der Waals surface area contributed by atoms with Crippen molar-refractivity contribution in [3.63, 3.8) is 0 Å². The first-order valence-electron chi connectivity index (χ1n) is 11.8. The van der Waals surface area contributed by atoms with E-state index in [1.54, 1.807) is 6.92 Å². The molecular formula is C24H31F2N2O9P. The van der Waals surface area contributed by atoms with Crippen molar-refractivity contribution in [2.45, 2.75) is 38.5 Å². The predicted molar refractivity (Wildman–Crippen MR) is 130 cm³/mol. The second-order valence-electron chi connectivity index (χ2n) is 9.37. The molecule has 0 saturated heterocycles. The molecule has 11 nitrogen and oxygen atoms in total. The van der Waals surface area contributed by atoms with Crippen LogP contribution in [-0.2, 0) is 30.2 Å². The zero-order valence-electron chi connectivity index (χ0n) is 20.9. The van der Waals surface area contributed by atoms with Crippen LogP contribution in [0.2, 0.25) is 0 Å². The summed E-state index contributed by atoms with van der Waals surface area (Å²) in [6, 6.07) is 2.87. The van der Waals surface area contributed by atoms with E-state index >= 15 is 0 Å². The lowest BCUT2D eigenvalue weighted by atomic mass is 9.74. The summed E-state index contributed by atoms with van der Waals surface area (Å²) in [7, 11) is -2.71. The summed E-state index contributed by atoms with van der Waals surface area (Å²) < 4.78 is 49.0. The molecule has 38 heavy (non-hydrogen) atoms. The standard InChI is InChI=1S/C24H31F2N2O9P/c1-24(6-8-37-7-3-9-38(33,34)35)18(36-2)13-28-12-16(20(29)21(30)19(28)22(24)31)23(32)27-11-14-4-5-15(25)10-17(14)26/h4-5,10,12,18,20,29,31H,3,6-9,11,13H2,1-2H3,(H,27,32)(H2,33,34,35). The lowest BCUT2D eigenvalue weighted by molar-refractivity contribution is -0.130. The molecule has 0 bridgehead atoms. The Morgan fingerprint density at radius 2 is 2.00 bits per heavy atom. The van der Waals surface area contributed by atoms with Crippen LogP contribution in [0.1, 0.15) is 25.3 Å². The fraction of sp³-hybridized carbons (Fsp3) is 0.500. The van der Waals surface area contributed by atoms with Gasteiger partial charge in [-0.3, -0.25) is 14.2 Å². The number of amides is 1. The van der Waals surface area contributed by atoms with E-state index in [9.17, 15) is 33.1 Å². The summed E-state index contributed by atoms with van der Waals surface area (Å²) in [5.41, 5.74) is -1.61. The Hall–Kier alpha value is -2.67. The second kappa shape index (κ2) is 12.0. The number of nitrogens with zero attached hydrogens (tertiary/aromatic N) is 1. The lowest BCUT2D eigenvalue weighted by Gasteiger charge is -2.46. The van der Waals surface area contributed by atoms with Crippen LogP contribution >= 0.6 is 7.60 Å². The van der Waals surface area contributed by atoms with Gasteiger partial charge in [0.25, 0.3) is 5.91 Å². The summed E-state index contributed by atoms with van der Waals surface area (Å²) in [4.78, 5) is 45.0. The molecule has 3 unspecified atom stereocenters. The Balaban J connectivity index is 1.74. The highest BCUT2D eigenvalue weighted by Gasteiger charge is 2.50. The van der Waals surface area contributed by atoms with Gasteiger partial charge in [-0.1, -0.05) is 6.07 Å². The van der Waals surface area contributed by atoms with Gasteiger partial charge in [-0.2, -0.15) is 0 Å². The highest BCUT2D eigenvalue weighted by atomic mass is 31.2. The first-order valence-corrected chi connectivity index (χ1v) is 13.6. The lowest BCUT2D eigenvalue weighted by Crippen LogP contribution is -2.54. The molecule has 0 saturated carbocycles. The topological polar surface area (TPSA) is 166 Å². The number of methoxy groups -OCH3 is 1. The fourth-order valence-electron chi connectivity index (χ4n) is 4.41. The van der Waals surface area contributed by atoms with Gasteiger partial charge in [0, 0.05) is 44.7 Å². The van der Waals surface area contributed by atoms with Crippen molar-refractivity contribution >= 4 is 19.3 Å². The Labute approximate surface area is 217 Å². The molecular weight excluding hydrogens is 529 g/mol. The molecule has 1 aromatic rings. The van der Waals surface area contributed by atoms with Crippen LogP contribution in [0.4, 0.5) is 8.78 Å². The van der Waals surface area contributed by atoms with E-state index in [1.807, 2.05) is 0 Å². The van der Waals surface area contributed by atoms with E-state index in [0.717, 1.165) is 12.1 Å². The molecule has 1 amide bonds. The maximum Gasteiger partial charge on any atom is 0.325 e. The molecule has 0 aliphatic carbocycles. The molecule has 1 aromatic carbocycles. The van der Waals surface area contributed by atoms with Crippen molar-refractivity contribution < 1.29 is 52.4 Å². The third-order valence-corrected chi connectivity index (χ3v) is 7.60. The number of Topliss-reactive ketones (excluding diaryl/α,β-unsaturated/α-hetero) is 1. The number of carbonyl (C=O) groups is 2. The van der Waals surface area contributed by atoms with Crippen LogP contribution < -0.4 is 5.32 Å². The third kappa shape index (κ3) is 6.66. The van der Waals surface area contributed by atoms with E-state index in [-0.39, 0.29) is 67.9 Å². The number of rotatable bonds is 11. The molecule has 3 rings (SSSR count). The Morgan fingerprint density at radius 1 is 1.29 bits per heavy atom. The van der Waals surface area contributed by atoms with Crippen molar-refractivity contribution in [2.75, 3.05) is 33.0 Å². The highest BCUT2D eigenvalue weighted by Crippen LogP contribution is 2.44. The quantitative estimate of drug-likeness (QED) is 0.198. The number of carbonyl (C=O) groups excluding carboxylic acids is 2. The molecule has 14 heteroatoms. The number of hydrogen-bond acceptors (Lipinski definition) is 8. The van der Waals surface area contributed by atoms with Gasteiger partial charge in [-0.25, -0.2) is 8.78 Å². The third-order valence-electron chi connectivity index (χ3n) is 6.70. The zero-order valence-corrected chi connectivity index (χ0v) is 21.8. The largest absolute Gasteiger partial charge is 0.509 e. The second-order valence-corrected chi connectivity index (χ2v) is 11.1. The minimum atomic E-state index is -4.12. The fourth-order valence-corrected chi connectivity index (χ4v) is 4.95.